The average Bonchev–Trinajstić information content (AvgIpc) is 2.47. The molecule has 1 atom stereocenters. The quantitative estimate of drug-likeness (QED) is 0.896. The Morgan fingerprint density at radius 3 is 2.70 bits per heavy atom. The van der Waals surface area contributed by atoms with Crippen LogP contribution in [-0.2, 0) is 12.8 Å². The minimum absolute atomic E-state index is 0.325. The third-order valence-electron chi connectivity index (χ3n) is 3.83. The Balaban J connectivity index is 1.73. The van der Waals surface area contributed by atoms with Gasteiger partial charge in [-0.3, -0.25) is 0 Å². The van der Waals surface area contributed by atoms with Crippen molar-refractivity contribution in [2.24, 2.45) is 0 Å². The number of aromatic carboxylic acids is 1. The molecule has 1 unspecified atom stereocenters. The fourth-order valence-corrected chi connectivity index (χ4v) is 2.80. The summed E-state index contributed by atoms with van der Waals surface area (Å²) in [5.74, 6) is -0.886. The van der Waals surface area contributed by atoms with Crippen LogP contribution in [0.25, 0.3) is 0 Å². The number of hydrogen-bond acceptors (Lipinski definition) is 2. The highest BCUT2D eigenvalue weighted by atomic mass is 16.4. The molecule has 1 aliphatic rings. The van der Waals surface area contributed by atoms with Gasteiger partial charge >= 0.3 is 5.97 Å². The highest BCUT2D eigenvalue weighted by molar-refractivity contribution is 5.88. The molecule has 102 valence electrons. The highest BCUT2D eigenvalue weighted by Crippen LogP contribution is 2.24. The predicted molar refractivity (Wildman–Crippen MR) is 79.3 cm³/mol. The SMILES string of the molecule is O=C(O)c1cccc(NC2CCc3ccccc3C2)c1. The van der Waals surface area contributed by atoms with Crippen LogP contribution >= 0.6 is 0 Å². The van der Waals surface area contributed by atoms with E-state index in [0.29, 0.717) is 11.6 Å². The molecule has 0 saturated heterocycles. The van der Waals surface area contributed by atoms with Gasteiger partial charge in [-0.25, -0.2) is 4.79 Å². The first kappa shape index (κ1) is 12.7. The second kappa shape index (κ2) is 5.37. The number of carbonyl (C=O) groups is 1. The van der Waals surface area contributed by atoms with Gasteiger partial charge in [-0.05, 0) is 48.6 Å². The number of carboxylic acid groups (broad SMARTS) is 1. The van der Waals surface area contributed by atoms with Crippen molar-refractivity contribution in [1.82, 2.24) is 0 Å². The summed E-state index contributed by atoms with van der Waals surface area (Å²) in [4.78, 5) is 11.0. The van der Waals surface area contributed by atoms with Crippen molar-refractivity contribution >= 4 is 11.7 Å². The molecule has 3 nitrogen and oxygen atoms in total. The largest absolute Gasteiger partial charge is 0.478 e. The van der Waals surface area contributed by atoms with Crippen LogP contribution in [0, 0.1) is 0 Å². The van der Waals surface area contributed by atoms with Crippen LogP contribution in [-0.4, -0.2) is 17.1 Å². The third-order valence-corrected chi connectivity index (χ3v) is 3.83. The fraction of sp³-hybridized carbons (Fsp3) is 0.235. The van der Waals surface area contributed by atoms with E-state index in [1.54, 1.807) is 18.2 Å². The minimum Gasteiger partial charge on any atom is -0.478 e. The maximum Gasteiger partial charge on any atom is 0.335 e. The van der Waals surface area contributed by atoms with Crippen LogP contribution in [0.5, 0.6) is 0 Å². The topological polar surface area (TPSA) is 49.3 Å². The lowest BCUT2D eigenvalue weighted by Crippen LogP contribution is -2.27. The molecule has 3 rings (SSSR count). The summed E-state index contributed by atoms with van der Waals surface area (Å²) in [6, 6.07) is 15.9. The Kier molecular flexibility index (Phi) is 3.42. The average molecular weight is 267 g/mol. The molecule has 0 amide bonds. The van der Waals surface area contributed by atoms with Gasteiger partial charge in [0.05, 0.1) is 5.56 Å². The summed E-state index contributed by atoms with van der Waals surface area (Å²) < 4.78 is 0. The standard InChI is InChI=1S/C17H17NO2/c19-17(20)14-6-3-7-15(11-14)18-16-9-8-12-4-1-2-5-13(12)10-16/h1-7,11,16,18H,8-10H2,(H,19,20). The second-order valence-corrected chi connectivity index (χ2v) is 5.24. The molecule has 0 aromatic heterocycles. The summed E-state index contributed by atoms with van der Waals surface area (Å²) in [5, 5.41) is 12.5. The molecule has 0 spiro atoms. The van der Waals surface area contributed by atoms with Crippen LogP contribution < -0.4 is 5.32 Å². The van der Waals surface area contributed by atoms with Crippen LogP contribution in [0.15, 0.2) is 48.5 Å². The van der Waals surface area contributed by atoms with E-state index in [1.165, 1.54) is 11.1 Å². The monoisotopic (exact) mass is 267 g/mol. The number of hydrogen-bond donors (Lipinski definition) is 2. The van der Waals surface area contributed by atoms with Crippen LogP contribution in [0.3, 0.4) is 0 Å². The van der Waals surface area contributed by atoms with E-state index in [-0.39, 0.29) is 0 Å². The number of carboxylic acids is 1. The molecule has 0 radical (unpaired) electrons. The molecule has 0 heterocycles. The summed E-state index contributed by atoms with van der Waals surface area (Å²) in [7, 11) is 0. The van der Waals surface area contributed by atoms with Crippen molar-refractivity contribution < 1.29 is 9.90 Å². The van der Waals surface area contributed by atoms with Gasteiger partial charge in [0.15, 0.2) is 0 Å². The van der Waals surface area contributed by atoms with E-state index in [9.17, 15) is 4.79 Å². The predicted octanol–water partition coefficient (Wildman–Crippen LogP) is 3.35. The van der Waals surface area contributed by atoms with Gasteiger partial charge in [0.2, 0.25) is 0 Å². The fourth-order valence-electron chi connectivity index (χ4n) is 2.80. The third kappa shape index (κ3) is 2.67. The molecule has 0 saturated carbocycles. The Bertz CT molecular complexity index is 636. The molecule has 2 aromatic rings. The van der Waals surface area contributed by atoms with Crippen molar-refractivity contribution in [2.45, 2.75) is 25.3 Å². The Hall–Kier alpha value is -2.29. The zero-order valence-corrected chi connectivity index (χ0v) is 11.2. The summed E-state index contributed by atoms with van der Waals surface area (Å²) in [5.41, 5.74) is 4.04. The maximum atomic E-state index is 11.0. The van der Waals surface area contributed by atoms with Crippen molar-refractivity contribution in [3.05, 3.63) is 65.2 Å². The van der Waals surface area contributed by atoms with E-state index >= 15 is 0 Å². The molecular weight excluding hydrogens is 250 g/mol. The van der Waals surface area contributed by atoms with Gasteiger partial charge in [0.1, 0.15) is 0 Å². The van der Waals surface area contributed by atoms with Crippen molar-refractivity contribution in [3.8, 4) is 0 Å². The first-order valence-corrected chi connectivity index (χ1v) is 6.89. The minimum atomic E-state index is -0.886. The molecule has 1 aliphatic carbocycles. The zero-order valence-electron chi connectivity index (χ0n) is 11.2. The van der Waals surface area contributed by atoms with Crippen molar-refractivity contribution in [3.63, 3.8) is 0 Å². The number of fused-ring (bicyclic) bond motifs is 1. The zero-order chi connectivity index (χ0) is 13.9. The summed E-state index contributed by atoms with van der Waals surface area (Å²) >= 11 is 0. The smallest absolute Gasteiger partial charge is 0.335 e. The lowest BCUT2D eigenvalue weighted by Gasteiger charge is -2.26. The molecule has 3 heteroatoms. The molecular formula is C17H17NO2. The van der Waals surface area contributed by atoms with E-state index in [2.05, 4.69) is 29.6 Å². The Morgan fingerprint density at radius 2 is 1.90 bits per heavy atom. The van der Waals surface area contributed by atoms with E-state index < -0.39 is 5.97 Å². The highest BCUT2D eigenvalue weighted by Gasteiger charge is 2.18. The molecule has 20 heavy (non-hydrogen) atoms. The van der Waals surface area contributed by atoms with Gasteiger partial charge in [-0.15, -0.1) is 0 Å². The van der Waals surface area contributed by atoms with E-state index in [1.807, 2.05) is 6.07 Å². The first-order chi connectivity index (χ1) is 9.72. The molecule has 2 N–H and O–H groups in total. The van der Waals surface area contributed by atoms with Crippen LogP contribution in [0.2, 0.25) is 0 Å². The molecule has 0 bridgehead atoms. The first-order valence-electron chi connectivity index (χ1n) is 6.89. The molecule has 0 aliphatic heterocycles. The molecule has 0 fully saturated rings. The Morgan fingerprint density at radius 1 is 1.10 bits per heavy atom. The van der Waals surface area contributed by atoms with Crippen LogP contribution in [0.4, 0.5) is 5.69 Å². The van der Waals surface area contributed by atoms with Gasteiger partial charge in [0.25, 0.3) is 0 Å². The lowest BCUT2D eigenvalue weighted by molar-refractivity contribution is 0.0697. The number of aryl methyl sites for hydroxylation is 1. The van der Waals surface area contributed by atoms with Crippen LogP contribution in [0.1, 0.15) is 27.9 Å². The summed E-state index contributed by atoms with van der Waals surface area (Å²) in [6.45, 7) is 0. The van der Waals surface area contributed by atoms with Crippen molar-refractivity contribution in [2.75, 3.05) is 5.32 Å². The second-order valence-electron chi connectivity index (χ2n) is 5.24. The number of anilines is 1. The maximum absolute atomic E-state index is 11.0. The van der Waals surface area contributed by atoms with Crippen molar-refractivity contribution in [1.29, 1.82) is 0 Å². The van der Waals surface area contributed by atoms with E-state index in [0.717, 1.165) is 24.9 Å². The number of nitrogens with one attached hydrogen (secondary N) is 1. The normalized spacial score (nSPS) is 17.3. The molecule has 2 aromatic carbocycles. The van der Waals surface area contributed by atoms with Gasteiger partial charge in [-0.2, -0.15) is 0 Å². The lowest BCUT2D eigenvalue weighted by atomic mass is 9.88. The number of benzene rings is 2. The number of rotatable bonds is 3. The van der Waals surface area contributed by atoms with E-state index in [4.69, 9.17) is 5.11 Å². The van der Waals surface area contributed by atoms with Gasteiger partial charge in [0, 0.05) is 11.7 Å². The van der Waals surface area contributed by atoms with Gasteiger partial charge < -0.3 is 10.4 Å². The Labute approximate surface area is 118 Å². The van der Waals surface area contributed by atoms with Gasteiger partial charge in [-0.1, -0.05) is 30.3 Å². The summed E-state index contributed by atoms with van der Waals surface area (Å²) in [6.07, 6.45) is 3.15.